The molecular weight excluding hydrogens is 316 g/mol. The molecule has 1 aromatic heterocycles. The third-order valence-corrected chi connectivity index (χ3v) is 7.13. The van der Waals surface area contributed by atoms with Gasteiger partial charge in [-0.2, -0.15) is 4.98 Å². The molecule has 0 N–H and O–H groups in total. The van der Waals surface area contributed by atoms with E-state index in [1.807, 2.05) is 6.92 Å². The van der Waals surface area contributed by atoms with Crippen molar-refractivity contribution >= 4 is 5.91 Å². The van der Waals surface area contributed by atoms with Gasteiger partial charge in [0.15, 0.2) is 5.82 Å². The topological polar surface area (TPSA) is 62.5 Å². The number of hydrogen-bond acceptors (Lipinski definition) is 5. The molecule has 6 rings (SSSR count). The van der Waals surface area contributed by atoms with Crippen LogP contribution < -0.4 is 0 Å². The molecule has 6 heteroatoms. The van der Waals surface area contributed by atoms with E-state index >= 15 is 0 Å². The van der Waals surface area contributed by atoms with Gasteiger partial charge in [0, 0.05) is 39.0 Å². The van der Waals surface area contributed by atoms with Crippen molar-refractivity contribution in [3.05, 3.63) is 11.7 Å². The maximum Gasteiger partial charge on any atom is 0.226 e. The summed E-state index contributed by atoms with van der Waals surface area (Å²) in [5, 5.41) is 3.98. The van der Waals surface area contributed by atoms with Crippen LogP contribution in [0.15, 0.2) is 4.52 Å². The van der Waals surface area contributed by atoms with Gasteiger partial charge >= 0.3 is 0 Å². The summed E-state index contributed by atoms with van der Waals surface area (Å²) in [5.41, 5.74) is 0. The fourth-order valence-electron chi connectivity index (χ4n) is 6.27. The van der Waals surface area contributed by atoms with Gasteiger partial charge in [-0.15, -0.1) is 0 Å². The van der Waals surface area contributed by atoms with Crippen LogP contribution in [0.3, 0.4) is 0 Å². The van der Waals surface area contributed by atoms with Crippen molar-refractivity contribution in [3.63, 3.8) is 0 Å². The van der Waals surface area contributed by atoms with Gasteiger partial charge in [-0.3, -0.25) is 9.69 Å². The standard InChI is InChI=1S/C19H28N4O2/c1-12-20-17(21-25-12)11-22-2-4-23(5-3-22)19(24)18-15-7-13-6-14(9-15)10-16(18)8-13/h13-16,18H,2-11H2,1H3. The summed E-state index contributed by atoms with van der Waals surface area (Å²) in [5.74, 6) is 5.39. The van der Waals surface area contributed by atoms with Crippen molar-refractivity contribution in [2.24, 2.45) is 29.6 Å². The molecule has 1 aliphatic heterocycles. The smallest absolute Gasteiger partial charge is 0.226 e. The number of carbonyl (C=O) groups excluding carboxylic acids is 1. The number of nitrogens with zero attached hydrogens (tertiary/aromatic N) is 4. The molecular formula is C19H28N4O2. The van der Waals surface area contributed by atoms with Crippen LogP contribution in [0.4, 0.5) is 0 Å². The van der Waals surface area contributed by atoms with Gasteiger partial charge in [0.2, 0.25) is 11.8 Å². The van der Waals surface area contributed by atoms with E-state index in [0.717, 1.165) is 50.4 Å². The normalized spacial score (nSPS) is 37.6. The summed E-state index contributed by atoms with van der Waals surface area (Å²) in [7, 11) is 0. The molecule has 0 unspecified atom stereocenters. The number of piperazine rings is 1. The number of carbonyl (C=O) groups is 1. The first kappa shape index (κ1) is 15.8. The van der Waals surface area contributed by atoms with Gasteiger partial charge < -0.3 is 9.42 Å². The Balaban J connectivity index is 1.19. The van der Waals surface area contributed by atoms with Crippen LogP contribution in [0.2, 0.25) is 0 Å². The molecule has 0 aromatic carbocycles. The Labute approximate surface area is 148 Å². The van der Waals surface area contributed by atoms with Crippen LogP contribution in [0.25, 0.3) is 0 Å². The summed E-state index contributed by atoms with van der Waals surface area (Å²) < 4.78 is 5.05. The van der Waals surface area contributed by atoms with E-state index in [9.17, 15) is 4.79 Å². The molecule has 6 nitrogen and oxygen atoms in total. The van der Waals surface area contributed by atoms with Crippen molar-refractivity contribution in [2.75, 3.05) is 26.2 Å². The molecule has 0 atom stereocenters. The fraction of sp³-hybridized carbons (Fsp3) is 0.842. The van der Waals surface area contributed by atoms with E-state index < -0.39 is 0 Å². The second-order valence-electron chi connectivity index (χ2n) is 8.79. The van der Waals surface area contributed by atoms with Crippen LogP contribution in [-0.4, -0.2) is 52.0 Å². The Bertz CT molecular complexity index is 622. The number of hydrogen-bond donors (Lipinski definition) is 0. The highest BCUT2D eigenvalue weighted by molar-refractivity contribution is 5.80. The van der Waals surface area contributed by atoms with Crippen molar-refractivity contribution in [1.29, 1.82) is 0 Å². The van der Waals surface area contributed by atoms with Gasteiger partial charge in [0.25, 0.3) is 0 Å². The third kappa shape index (κ3) is 2.88. The molecule has 5 fully saturated rings. The summed E-state index contributed by atoms with van der Waals surface area (Å²) >= 11 is 0. The number of amides is 1. The fourth-order valence-corrected chi connectivity index (χ4v) is 6.27. The molecule has 0 radical (unpaired) electrons. The molecule has 1 saturated heterocycles. The van der Waals surface area contributed by atoms with Gasteiger partial charge in [0.1, 0.15) is 0 Å². The minimum Gasteiger partial charge on any atom is -0.340 e. The van der Waals surface area contributed by atoms with Crippen LogP contribution in [0.5, 0.6) is 0 Å². The minimum atomic E-state index is 0.333. The van der Waals surface area contributed by atoms with Gasteiger partial charge in [-0.1, -0.05) is 5.16 Å². The lowest BCUT2D eigenvalue weighted by Gasteiger charge is -2.54. The highest BCUT2D eigenvalue weighted by Gasteiger charge is 2.51. The van der Waals surface area contributed by atoms with Gasteiger partial charge in [-0.25, -0.2) is 0 Å². The molecule has 4 saturated carbocycles. The zero-order valence-corrected chi connectivity index (χ0v) is 15.1. The monoisotopic (exact) mass is 344 g/mol. The van der Waals surface area contributed by atoms with Crippen LogP contribution in [0.1, 0.15) is 43.8 Å². The lowest BCUT2D eigenvalue weighted by Crippen LogP contribution is -2.55. The van der Waals surface area contributed by atoms with E-state index in [2.05, 4.69) is 19.9 Å². The predicted octanol–water partition coefficient (Wildman–Crippen LogP) is 2.09. The zero-order valence-electron chi connectivity index (χ0n) is 15.1. The first-order valence-corrected chi connectivity index (χ1v) is 9.96. The molecule has 4 aliphatic carbocycles. The quantitative estimate of drug-likeness (QED) is 0.840. The molecule has 1 aromatic rings. The van der Waals surface area contributed by atoms with E-state index in [1.165, 1.54) is 32.1 Å². The van der Waals surface area contributed by atoms with E-state index in [-0.39, 0.29) is 0 Å². The Hall–Kier alpha value is -1.43. The van der Waals surface area contributed by atoms with E-state index in [1.54, 1.807) is 0 Å². The first-order chi connectivity index (χ1) is 12.2. The molecule has 2 heterocycles. The number of rotatable bonds is 3. The molecule has 136 valence electrons. The summed E-state index contributed by atoms with van der Waals surface area (Å²) in [6.45, 7) is 6.05. The van der Waals surface area contributed by atoms with Gasteiger partial charge in [0.05, 0.1) is 6.54 Å². The highest BCUT2D eigenvalue weighted by Crippen LogP contribution is 2.56. The van der Waals surface area contributed by atoms with Crippen LogP contribution in [0, 0.1) is 36.5 Å². The maximum absolute atomic E-state index is 13.2. The van der Waals surface area contributed by atoms with Gasteiger partial charge in [-0.05, 0) is 55.8 Å². The third-order valence-electron chi connectivity index (χ3n) is 7.13. The van der Waals surface area contributed by atoms with Crippen molar-refractivity contribution in [2.45, 2.75) is 45.6 Å². The first-order valence-electron chi connectivity index (χ1n) is 9.96. The Morgan fingerprint density at radius 2 is 1.68 bits per heavy atom. The summed E-state index contributed by atoms with van der Waals surface area (Å²) in [6.07, 6.45) is 6.73. The summed E-state index contributed by atoms with van der Waals surface area (Å²) in [6, 6.07) is 0. The van der Waals surface area contributed by atoms with E-state index in [0.29, 0.717) is 29.6 Å². The zero-order chi connectivity index (χ0) is 17.0. The Kier molecular flexibility index (Phi) is 3.84. The average molecular weight is 344 g/mol. The lowest BCUT2D eigenvalue weighted by atomic mass is 9.51. The van der Waals surface area contributed by atoms with Crippen molar-refractivity contribution < 1.29 is 9.32 Å². The maximum atomic E-state index is 13.2. The number of aryl methyl sites for hydroxylation is 1. The average Bonchev–Trinajstić information content (AvgIpc) is 2.99. The van der Waals surface area contributed by atoms with E-state index in [4.69, 9.17) is 4.52 Å². The molecule has 1 amide bonds. The Morgan fingerprint density at radius 3 is 2.24 bits per heavy atom. The number of aromatic nitrogens is 2. The van der Waals surface area contributed by atoms with Crippen LogP contribution in [-0.2, 0) is 11.3 Å². The minimum absolute atomic E-state index is 0.333. The Morgan fingerprint density at radius 1 is 1.04 bits per heavy atom. The predicted molar refractivity (Wildman–Crippen MR) is 91.4 cm³/mol. The largest absolute Gasteiger partial charge is 0.340 e. The molecule has 4 bridgehead atoms. The molecule has 0 spiro atoms. The summed E-state index contributed by atoms with van der Waals surface area (Å²) in [4.78, 5) is 22.0. The molecule has 5 aliphatic rings. The highest BCUT2D eigenvalue weighted by atomic mass is 16.5. The second-order valence-corrected chi connectivity index (χ2v) is 8.79. The van der Waals surface area contributed by atoms with Crippen molar-refractivity contribution in [3.8, 4) is 0 Å². The molecule has 25 heavy (non-hydrogen) atoms. The van der Waals surface area contributed by atoms with Crippen molar-refractivity contribution in [1.82, 2.24) is 19.9 Å². The SMILES string of the molecule is Cc1nc(CN2CCN(C(=O)C3C4CC5CC(C4)CC3C5)CC2)no1. The van der Waals surface area contributed by atoms with Crippen LogP contribution >= 0.6 is 0 Å². The second kappa shape index (κ2) is 6.08. The lowest BCUT2D eigenvalue weighted by molar-refractivity contribution is -0.150.